The van der Waals surface area contributed by atoms with Crippen molar-refractivity contribution in [3.8, 4) is 17.2 Å². The lowest BCUT2D eigenvalue weighted by molar-refractivity contribution is 0.0792. The van der Waals surface area contributed by atoms with Crippen LogP contribution in [0.2, 0.25) is 0 Å². The highest BCUT2D eigenvalue weighted by molar-refractivity contribution is 5.54. The molecule has 1 N–H and O–H groups in total. The molecule has 2 heterocycles. The second-order valence-corrected chi connectivity index (χ2v) is 3.51. The third kappa shape index (κ3) is 0.915. The van der Waals surface area contributed by atoms with Crippen LogP contribution in [0.3, 0.4) is 0 Å². The maximum absolute atomic E-state index is 9.76. The molecule has 0 amide bonds. The van der Waals surface area contributed by atoms with Gasteiger partial charge in [0.25, 0.3) is 0 Å². The second kappa shape index (κ2) is 2.54. The second-order valence-electron chi connectivity index (χ2n) is 3.51. The molecule has 2 aliphatic rings. The molecular formula is C10H10O4. The van der Waals surface area contributed by atoms with Crippen LogP contribution in [0.25, 0.3) is 0 Å². The molecule has 0 spiro atoms. The van der Waals surface area contributed by atoms with Crippen LogP contribution in [-0.4, -0.2) is 18.0 Å². The Hall–Kier alpha value is -1.42. The van der Waals surface area contributed by atoms with Crippen molar-refractivity contribution in [3.05, 3.63) is 17.7 Å². The van der Waals surface area contributed by atoms with Gasteiger partial charge >= 0.3 is 0 Å². The van der Waals surface area contributed by atoms with Gasteiger partial charge in [-0.25, -0.2) is 0 Å². The maximum Gasteiger partial charge on any atom is 0.231 e. The van der Waals surface area contributed by atoms with Gasteiger partial charge in [0.2, 0.25) is 6.79 Å². The van der Waals surface area contributed by atoms with Crippen LogP contribution in [0.1, 0.15) is 18.6 Å². The summed E-state index contributed by atoms with van der Waals surface area (Å²) in [4.78, 5) is 0. The molecule has 1 aromatic carbocycles. The summed E-state index contributed by atoms with van der Waals surface area (Å²) in [6, 6.07) is 3.55. The number of aliphatic hydroxyl groups excluding tert-OH is 1. The van der Waals surface area contributed by atoms with E-state index in [1.54, 1.807) is 12.1 Å². The lowest BCUT2D eigenvalue weighted by atomic mass is 10.1. The van der Waals surface area contributed by atoms with Crippen molar-refractivity contribution in [2.24, 2.45) is 0 Å². The van der Waals surface area contributed by atoms with Gasteiger partial charge in [0.1, 0.15) is 18.0 Å². The van der Waals surface area contributed by atoms with Gasteiger partial charge in [0, 0.05) is 11.6 Å². The van der Waals surface area contributed by atoms with E-state index in [1.807, 2.05) is 6.92 Å². The highest BCUT2D eigenvalue weighted by atomic mass is 16.7. The standard InChI is InChI=1S/C10H10O4/c1-5-10(11)6-2-8-9(13-4-12-8)3-7(6)14-5/h2-3,5,10-11H,4H2,1H3. The Morgan fingerprint density at radius 2 is 1.93 bits per heavy atom. The normalized spacial score (nSPS) is 27.3. The first-order valence-electron chi connectivity index (χ1n) is 4.54. The van der Waals surface area contributed by atoms with Gasteiger partial charge in [0.15, 0.2) is 11.5 Å². The molecule has 3 rings (SSSR count). The van der Waals surface area contributed by atoms with Crippen molar-refractivity contribution in [2.75, 3.05) is 6.79 Å². The molecule has 0 saturated heterocycles. The van der Waals surface area contributed by atoms with Gasteiger partial charge in [-0.3, -0.25) is 0 Å². The third-order valence-corrected chi connectivity index (χ3v) is 2.58. The van der Waals surface area contributed by atoms with Crippen LogP contribution in [0, 0.1) is 0 Å². The van der Waals surface area contributed by atoms with Gasteiger partial charge in [-0.05, 0) is 13.0 Å². The first-order valence-corrected chi connectivity index (χ1v) is 4.54. The monoisotopic (exact) mass is 194 g/mol. The Bertz CT molecular complexity index is 388. The fraction of sp³-hybridized carbons (Fsp3) is 0.400. The van der Waals surface area contributed by atoms with Gasteiger partial charge in [-0.2, -0.15) is 0 Å². The van der Waals surface area contributed by atoms with E-state index in [0.29, 0.717) is 17.2 Å². The smallest absolute Gasteiger partial charge is 0.231 e. The summed E-state index contributed by atoms with van der Waals surface area (Å²) in [5, 5.41) is 9.76. The van der Waals surface area contributed by atoms with E-state index in [4.69, 9.17) is 14.2 Å². The predicted molar refractivity (Wildman–Crippen MR) is 47.6 cm³/mol. The average molecular weight is 194 g/mol. The maximum atomic E-state index is 9.76. The van der Waals surface area contributed by atoms with E-state index in [9.17, 15) is 5.11 Å². The van der Waals surface area contributed by atoms with Crippen molar-refractivity contribution in [1.82, 2.24) is 0 Å². The molecule has 74 valence electrons. The summed E-state index contributed by atoms with van der Waals surface area (Å²) in [5.74, 6) is 2.06. The number of hydrogen-bond donors (Lipinski definition) is 1. The largest absolute Gasteiger partial charge is 0.487 e. The third-order valence-electron chi connectivity index (χ3n) is 2.58. The first kappa shape index (κ1) is 7.94. The van der Waals surface area contributed by atoms with Crippen LogP contribution in [0.5, 0.6) is 17.2 Å². The fourth-order valence-corrected chi connectivity index (χ4v) is 1.79. The number of hydrogen-bond acceptors (Lipinski definition) is 4. The molecule has 1 aromatic rings. The number of fused-ring (bicyclic) bond motifs is 2. The Kier molecular flexibility index (Phi) is 1.44. The molecule has 0 fully saturated rings. The number of benzene rings is 1. The van der Waals surface area contributed by atoms with Gasteiger partial charge < -0.3 is 19.3 Å². The molecule has 2 aliphatic heterocycles. The fourth-order valence-electron chi connectivity index (χ4n) is 1.79. The zero-order valence-corrected chi connectivity index (χ0v) is 7.69. The molecule has 0 bridgehead atoms. The molecule has 4 nitrogen and oxygen atoms in total. The lowest BCUT2D eigenvalue weighted by Crippen LogP contribution is -2.12. The summed E-state index contributed by atoms with van der Waals surface area (Å²) in [6.07, 6.45) is -0.771. The minimum Gasteiger partial charge on any atom is -0.487 e. The van der Waals surface area contributed by atoms with Crippen molar-refractivity contribution in [3.63, 3.8) is 0 Å². The van der Waals surface area contributed by atoms with Crippen molar-refractivity contribution in [1.29, 1.82) is 0 Å². The van der Waals surface area contributed by atoms with Crippen molar-refractivity contribution < 1.29 is 19.3 Å². The minimum absolute atomic E-state index is 0.201. The van der Waals surface area contributed by atoms with E-state index in [2.05, 4.69) is 0 Å². The van der Waals surface area contributed by atoms with Crippen LogP contribution in [-0.2, 0) is 0 Å². The van der Waals surface area contributed by atoms with E-state index < -0.39 is 6.10 Å². The Morgan fingerprint density at radius 1 is 1.21 bits per heavy atom. The number of aliphatic hydroxyl groups is 1. The Labute approximate surface area is 81.0 Å². The molecule has 14 heavy (non-hydrogen) atoms. The zero-order chi connectivity index (χ0) is 9.71. The molecular weight excluding hydrogens is 184 g/mol. The molecule has 2 unspecified atom stereocenters. The van der Waals surface area contributed by atoms with Crippen LogP contribution in [0.4, 0.5) is 0 Å². The summed E-state index contributed by atoms with van der Waals surface area (Å²) in [5.41, 5.74) is 0.779. The quantitative estimate of drug-likeness (QED) is 0.674. The number of ether oxygens (including phenoxy) is 3. The zero-order valence-electron chi connectivity index (χ0n) is 7.69. The first-order chi connectivity index (χ1) is 6.75. The molecule has 4 heteroatoms. The molecule has 0 aliphatic carbocycles. The molecule has 0 aromatic heterocycles. The highest BCUT2D eigenvalue weighted by Crippen LogP contribution is 2.45. The summed E-state index contributed by atoms with van der Waals surface area (Å²) in [6.45, 7) is 2.07. The van der Waals surface area contributed by atoms with Crippen LogP contribution >= 0.6 is 0 Å². The van der Waals surface area contributed by atoms with E-state index in [-0.39, 0.29) is 12.9 Å². The predicted octanol–water partition coefficient (Wildman–Crippen LogP) is 1.23. The molecule has 0 saturated carbocycles. The van der Waals surface area contributed by atoms with Crippen molar-refractivity contribution >= 4 is 0 Å². The Morgan fingerprint density at radius 3 is 2.71 bits per heavy atom. The van der Waals surface area contributed by atoms with Crippen molar-refractivity contribution in [2.45, 2.75) is 19.1 Å². The minimum atomic E-state index is -0.570. The topological polar surface area (TPSA) is 47.9 Å². The number of rotatable bonds is 0. The van der Waals surface area contributed by atoms with Gasteiger partial charge in [-0.1, -0.05) is 0 Å². The summed E-state index contributed by atoms with van der Waals surface area (Å²) >= 11 is 0. The van der Waals surface area contributed by atoms with E-state index in [0.717, 1.165) is 5.56 Å². The van der Waals surface area contributed by atoms with Gasteiger partial charge in [0.05, 0.1) is 0 Å². The molecule has 0 radical (unpaired) electrons. The average Bonchev–Trinajstić information content (AvgIpc) is 2.70. The Balaban J connectivity index is 2.13. The lowest BCUT2D eigenvalue weighted by Gasteiger charge is -2.06. The summed E-state index contributed by atoms with van der Waals surface area (Å²) < 4.78 is 15.9. The molecule has 2 atom stereocenters. The van der Waals surface area contributed by atoms with E-state index in [1.165, 1.54) is 0 Å². The van der Waals surface area contributed by atoms with Crippen LogP contribution < -0.4 is 14.2 Å². The van der Waals surface area contributed by atoms with Crippen LogP contribution in [0.15, 0.2) is 12.1 Å². The SMILES string of the molecule is CC1Oc2cc3c(cc2C1O)OCO3. The highest BCUT2D eigenvalue weighted by Gasteiger charge is 2.32. The summed E-state index contributed by atoms with van der Waals surface area (Å²) in [7, 11) is 0. The van der Waals surface area contributed by atoms with Gasteiger partial charge in [-0.15, -0.1) is 0 Å². The van der Waals surface area contributed by atoms with E-state index >= 15 is 0 Å².